The number of pyridine rings is 1. The van der Waals surface area contributed by atoms with Crippen LogP contribution >= 0.6 is 11.6 Å². The van der Waals surface area contributed by atoms with Crippen LogP contribution in [0.15, 0.2) is 18.5 Å². The lowest BCUT2D eigenvalue weighted by Gasteiger charge is -2.21. The van der Waals surface area contributed by atoms with Crippen molar-refractivity contribution in [2.75, 3.05) is 6.54 Å². The standard InChI is InChI=1S/C19H15ClFN5O2/c1-8-6-23-17(27)13-10-3-2-9-7-24-18(28-11-4-5-22-19(20)25-11)14(21)12(9)16(10)26-15(8)13/h4-5,7-8,26H,2-3,6H2,1H3,(H,23,27)/t8-/m0/s1. The Labute approximate surface area is 164 Å². The summed E-state index contributed by atoms with van der Waals surface area (Å²) < 4.78 is 20.9. The van der Waals surface area contributed by atoms with E-state index in [1.165, 1.54) is 12.3 Å². The van der Waals surface area contributed by atoms with Gasteiger partial charge in [0.15, 0.2) is 5.82 Å². The molecule has 3 aromatic rings. The number of fused-ring (bicyclic) bond motifs is 5. The van der Waals surface area contributed by atoms with Crippen molar-refractivity contribution in [3.05, 3.63) is 51.9 Å². The molecule has 4 heterocycles. The number of aromatic nitrogens is 4. The van der Waals surface area contributed by atoms with Gasteiger partial charge in [0.2, 0.25) is 11.2 Å². The fourth-order valence-electron chi connectivity index (χ4n) is 3.86. The normalized spacial score (nSPS) is 17.4. The van der Waals surface area contributed by atoms with Gasteiger partial charge in [0.25, 0.3) is 11.8 Å². The molecule has 1 aliphatic heterocycles. The van der Waals surface area contributed by atoms with E-state index in [1.807, 2.05) is 6.92 Å². The lowest BCUT2D eigenvalue weighted by Crippen LogP contribution is -2.34. The lowest BCUT2D eigenvalue weighted by atomic mass is 9.87. The highest BCUT2D eigenvalue weighted by atomic mass is 35.5. The number of nitrogens with zero attached hydrogens (tertiary/aromatic N) is 3. The maximum Gasteiger partial charge on any atom is 0.258 e. The quantitative estimate of drug-likeness (QED) is 0.644. The lowest BCUT2D eigenvalue weighted by molar-refractivity contribution is 0.0940. The van der Waals surface area contributed by atoms with Crippen molar-refractivity contribution in [2.45, 2.75) is 25.7 Å². The molecule has 0 radical (unpaired) electrons. The Morgan fingerprint density at radius 3 is 2.96 bits per heavy atom. The summed E-state index contributed by atoms with van der Waals surface area (Å²) in [5.41, 5.74) is 4.11. The van der Waals surface area contributed by atoms with Crippen LogP contribution in [0.3, 0.4) is 0 Å². The fourth-order valence-corrected chi connectivity index (χ4v) is 4.00. The van der Waals surface area contributed by atoms with Gasteiger partial charge in [-0.2, -0.15) is 4.98 Å². The SMILES string of the molecule is C[C@H]1CNC(=O)c2c1[nH]c1c2CCc2cnc(Oc3ccnc(Cl)n3)c(F)c2-1. The summed E-state index contributed by atoms with van der Waals surface area (Å²) in [4.78, 5) is 27.5. The first kappa shape index (κ1) is 17.1. The molecule has 9 heteroatoms. The molecule has 0 saturated carbocycles. The predicted molar refractivity (Wildman–Crippen MR) is 99.3 cm³/mol. The molecule has 0 bridgehead atoms. The molecule has 28 heavy (non-hydrogen) atoms. The van der Waals surface area contributed by atoms with Crippen LogP contribution in [0.1, 0.15) is 40.0 Å². The van der Waals surface area contributed by atoms with Gasteiger partial charge in [0.05, 0.1) is 11.3 Å². The number of halogens is 2. The summed E-state index contributed by atoms with van der Waals surface area (Å²) in [5.74, 6) is -0.686. The van der Waals surface area contributed by atoms with Crippen LogP contribution in [0.4, 0.5) is 4.39 Å². The Morgan fingerprint density at radius 1 is 1.29 bits per heavy atom. The van der Waals surface area contributed by atoms with Gasteiger partial charge >= 0.3 is 0 Å². The van der Waals surface area contributed by atoms with E-state index < -0.39 is 5.82 Å². The third-order valence-electron chi connectivity index (χ3n) is 5.18. The summed E-state index contributed by atoms with van der Waals surface area (Å²) in [5, 5.41) is 2.89. The minimum Gasteiger partial charge on any atom is -0.417 e. The fraction of sp³-hybridized carbons (Fsp3) is 0.263. The average molecular weight is 400 g/mol. The molecule has 0 unspecified atom stereocenters. The number of carbonyl (C=O) groups is 1. The van der Waals surface area contributed by atoms with Crippen molar-refractivity contribution >= 4 is 17.5 Å². The molecule has 0 spiro atoms. The van der Waals surface area contributed by atoms with E-state index in [0.717, 1.165) is 16.8 Å². The molecule has 0 aromatic carbocycles. The van der Waals surface area contributed by atoms with E-state index in [-0.39, 0.29) is 28.9 Å². The number of H-pyrrole nitrogens is 1. The van der Waals surface area contributed by atoms with Crippen molar-refractivity contribution < 1.29 is 13.9 Å². The number of amides is 1. The monoisotopic (exact) mass is 399 g/mol. The number of hydrogen-bond acceptors (Lipinski definition) is 5. The topological polar surface area (TPSA) is 92.8 Å². The summed E-state index contributed by atoms with van der Waals surface area (Å²) in [6, 6.07) is 1.47. The molecular formula is C19H15ClFN5O2. The van der Waals surface area contributed by atoms with Crippen LogP contribution in [-0.2, 0) is 12.8 Å². The van der Waals surface area contributed by atoms with Gasteiger partial charge in [0.1, 0.15) is 0 Å². The molecule has 3 aromatic heterocycles. The van der Waals surface area contributed by atoms with E-state index >= 15 is 4.39 Å². The van der Waals surface area contributed by atoms with Crippen molar-refractivity contribution in [3.8, 4) is 23.0 Å². The first-order valence-corrected chi connectivity index (χ1v) is 9.27. The van der Waals surface area contributed by atoms with Gasteiger partial charge in [-0.05, 0) is 35.6 Å². The molecule has 1 aliphatic carbocycles. The van der Waals surface area contributed by atoms with E-state index in [0.29, 0.717) is 36.2 Å². The van der Waals surface area contributed by atoms with Crippen LogP contribution in [0.5, 0.6) is 11.8 Å². The second-order valence-electron chi connectivity index (χ2n) is 6.92. The second-order valence-corrected chi connectivity index (χ2v) is 7.26. The highest BCUT2D eigenvalue weighted by Crippen LogP contribution is 2.42. The van der Waals surface area contributed by atoms with Gasteiger partial charge in [-0.3, -0.25) is 4.79 Å². The molecule has 2 aliphatic rings. The van der Waals surface area contributed by atoms with Crippen molar-refractivity contribution in [2.24, 2.45) is 0 Å². The van der Waals surface area contributed by atoms with E-state index in [2.05, 4.69) is 25.3 Å². The number of hydrogen-bond donors (Lipinski definition) is 2. The third-order valence-corrected chi connectivity index (χ3v) is 5.37. The average Bonchev–Trinajstić information content (AvgIpc) is 3.08. The molecule has 7 nitrogen and oxygen atoms in total. The zero-order valence-electron chi connectivity index (χ0n) is 14.8. The predicted octanol–water partition coefficient (Wildman–Crippen LogP) is 3.40. The zero-order valence-corrected chi connectivity index (χ0v) is 15.6. The molecule has 1 amide bonds. The van der Waals surface area contributed by atoms with Gasteiger partial charge in [-0.15, -0.1) is 0 Å². The molecule has 2 N–H and O–H groups in total. The minimum absolute atomic E-state index is 0.00445. The van der Waals surface area contributed by atoms with Crippen LogP contribution in [0, 0.1) is 5.82 Å². The molecular weight excluding hydrogens is 385 g/mol. The van der Waals surface area contributed by atoms with Crippen LogP contribution in [-0.4, -0.2) is 32.4 Å². The molecule has 142 valence electrons. The zero-order chi connectivity index (χ0) is 19.4. The van der Waals surface area contributed by atoms with Gasteiger partial charge < -0.3 is 15.0 Å². The van der Waals surface area contributed by atoms with Gasteiger partial charge in [0, 0.05) is 42.2 Å². The Kier molecular flexibility index (Phi) is 3.83. The first-order valence-electron chi connectivity index (χ1n) is 8.90. The Hall–Kier alpha value is -3.00. The molecule has 0 fully saturated rings. The van der Waals surface area contributed by atoms with Gasteiger partial charge in [-0.25, -0.2) is 14.4 Å². The molecule has 0 saturated heterocycles. The Bertz CT molecular complexity index is 1130. The largest absolute Gasteiger partial charge is 0.417 e. The van der Waals surface area contributed by atoms with E-state index in [9.17, 15) is 4.79 Å². The van der Waals surface area contributed by atoms with Crippen molar-refractivity contribution in [1.29, 1.82) is 0 Å². The third kappa shape index (κ3) is 2.56. The number of carbonyl (C=O) groups excluding carboxylic acids is 1. The van der Waals surface area contributed by atoms with Crippen LogP contribution < -0.4 is 10.1 Å². The van der Waals surface area contributed by atoms with E-state index in [1.54, 1.807) is 6.20 Å². The van der Waals surface area contributed by atoms with Crippen molar-refractivity contribution in [3.63, 3.8) is 0 Å². The van der Waals surface area contributed by atoms with Crippen molar-refractivity contribution in [1.82, 2.24) is 25.3 Å². The number of nitrogens with one attached hydrogen (secondary N) is 2. The Balaban J connectivity index is 1.64. The summed E-state index contributed by atoms with van der Waals surface area (Å²) >= 11 is 5.76. The van der Waals surface area contributed by atoms with Crippen LogP contribution in [0.2, 0.25) is 5.28 Å². The summed E-state index contributed by atoms with van der Waals surface area (Å²) in [6.07, 6.45) is 4.26. The summed E-state index contributed by atoms with van der Waals surface area (Å²) in [6.45, 7) is 2.58. The van der Waals surface area contributed by atoms with Gasteiger partial charge in [-0.1, -0.05) is 6.92 Å². The summed E-state index contributed by atoms with van der Waals surface area (Å²) in [7, 11) is 0. The maximum absolute atomic E-state index is 15.4. The van der Waals surface area contributed by atoms with E-state index in [4.69, 9.17) is 16.3 Å². The Morgan fingerprint density at radius 2 is 2.14 bits per heavy atom. The number of ether oxygens (including phenoxy) is 1. The minimum atomic E-state index is -0.597. The maximum atomic E-state index is 15.4. The highest BCUT2D eigenvalue weighted by Gasteiger charge is 2.34. The first-order chi connectivity index (χ1) is 13.5. The highest BCUT2D eigenvalue weighted by molar-refractivity contribution is 6.28. The molecule has 1 atom stereocenters. The second kappa shape index (κ2) is 6.27. The number of aromatic amines is 1. The molecule has 5 rings (SSSR count). The number of aryl methyl sites for hydroxylation is 1. The number of rotatable bonds is 2. The van der Waals surface area contributed by atoms with Crippen LogP contribution in [0.25, 0.3) is 11.3 Å². The smallest absolute Gasteiger partial charge is 0.258 e.